The Bertz CT molecular complexity index is 446. The molecule has 3 N–H and O–H groups in total. The molecule has 4 heteroatoms. The molecule has 1 aliphatic rings. The molecule has 2 rings (SSSR count). The number of nitrogens with two attached hydrogens (primary N) is 1. The summed E-state index contributed by atoms with van der Waals surface area (Å²) in [6, 6.07) is 7.13. The number of para-hydroxylation sites is 1. The van der Waals surface area contributed by atoms with Gasteiger partial charge in [-0.3, -0.25) is 4.79 Å². The second kappa shape index (κ2) is 6.06. The van der Waals surface area contributed by atoms with Gasteiger partial charge in [-0.15, -0.1) is 0 Å². The van der Waals surface area contributed by atoms with Crippen molar-refractivity contribution in [2.45, 2.75) is 26.4 Å². The van der Waals surface area contributed by atoms with Gasteiger partial charge in [0.25, 0.3) is 5.91 Å². The van der Waals surface area contributed by atoms with Crippen LogP contribution in [-0.4, -0.2) is 25.2 Å². The Morgan fingerprint density at radius 2 is 2.21 bits per heavy atom. The first-order chi connectivity index (χ1) is 9.09. The number of anilines is 1. The van der Waals surface area contributed by atoms with E-state index in [1.54, 1.807) is 12.1 Å². The molecular formula is C15H22N2O2. The second-order valence-corrected chi connectivity index (χ2v) is 5.43. The maximum Gasteiger partial charge on any atom is 0.253 e. The van der Waals surface area contributed by atoms with Crippen molar-refractivity contribution < 1.29 is 9.53 Å². The van der Waals surface area contributed by atoms with Crippen molar-refractivity contribution in [1.82, 2.24) is 5.32 Å². The Balaban J connectivity index is 1.92. The van der Waals surface area contributed by atoms with Crippen molar-refractivity contribution >= 4 is 11.6 Å². The molecule has 2 unspecified atom stereocenters. The SMILES string of the molecule is CC(C)C1OCCC1CNC(=O)c1ccccc1N. The van der Waals surface area contributed by atoms with Crippen molar-refractivity contribution in [3.8, 4) is 0 Å². The van der Waals surface area contributed by atoms with E-state index < -0.39 is 0 Å². The van der Waals surface area contributed by atoms with Crippen LogP contribution in [0.3, 0.4) is 0 Å². The van der Waals surface area contributed by atoms with Crippen LogP contribution in [0.4, 0.5) is 5.69 Å². The maximum absolute atomic E-state index is 12.1. The number of carbonyl (C=O) groups excluding carboxylic acids is 1. The molecule has 1 amide bonds. The molecule has 0 spiro atoms. The van der Waals surface area contributed by atoms with E-state index in [9.17, 15) is 4.79 Å². The van der Waals surface area contributed by atoms with Gasteiger partial charge in [0.05, 0.1) is 11.7 Å². The lowest BCUT2D eigenvalue weighted by atomic mass is 9.93. The molecule has 0 saturated carbocycles. The number of carbonyl (C=O) groups is 1. The van der Waals surface area contributed by atoms with E-state index in [-0.39, 0.29) is 12.0 Å². The average Bonchev–Trinajstić information content (AvgIpc) is 2.85. The molecule has 1 aromatic rings. The third kappa shape index (κ3) is 3.26. The van der Waals surface area contributed by atoms with Crippen LogP contribution in [0.5, 0.6) is 0 Å². The van der Waals surface area contributed by atoms with Crippen LogP contribution in [0.25, 0.3) is 0 Å². The average molecular weight is 262 g/mol. The zero-order valence-corrected chi connectivity index (χ0v) is 11.6. The number of amides is 1. The summed E-state index contributed by atoms with van der Waals surface area (Å²) in [4.78, 5) is 12.1. The molecule has 1 aromatic carbocycles. The van der Waals surface area contributed by atoms with Crippen molar-refractivity contribution in [1.29, 1.82) is 0 Å². The minimum atomic E-state index is -0.104. The zero-order valence-electron chi connectivity index (χ0n) is 11.6. The third-order valence-electron chi connectivity index (χ3n) is 3.65. The minimum Gasteiger partial charge on any atom is -0.398 e. The van der Waals surface area contributed by atoms with Gasteiger partial charge in [0.15, 0.2) is 0 Å². The van der Waals surface area contributed by atoms with Crippen LogP contribution in [0.15, 0.2) is 24.3 Å². The summed E-state index contributed by atoms with van der Waals surface area (Å²) in [5, 5.41) is 2.97. The molecule has 2 atom stereocenters. The number of benzene rings is 1. The van der Waals surface area contributed by atoms with Crippen LogP contribution in [0, 0.1) is 11.8 Å². The molecule has 19 heavy (non-hydrogen) atoms. The molecule has 104 valence electrons. The maximum atomic E-state index is 12.1. The van der Waals surface area contributed by atoms with Gasteiger partial charge in [0, 0.05) is 24.8 Å². The Hall–Kier alpha value is -1.55. The Morgan fingerprint density at radius 3 is 2.89 bits per heavy atom. The van der Waals surface area contributed by atoms with Crippen LogP contribution < -0.4 is 11.1 Å². The van der Waals surface area contributed by atoms with Crippen molar-refractivity contribution in [3.63, 3.8) is 0 Å². The summed E-state index contributed by atoms with van der Waals surface area (Å²) >= 11 is 0. The van der Waals surface area contributed by atoms with Gasteiger partial charge in [-0.2, -0.15) is 0 Å². The second-order valence-electron chi connectivity index (χ2n) is 5.43. The van der Waals surface area contributed by atoms with Crippen LogP contribution in [-0.2, 0) is 4.74 Å². The normalized spacial score (nSPS) is 22.7. The monoisotopic (exact) mass is 262 g/mol. The van der Waals surface area contributed by atoms with E-state index in [0.29, 0.717) is 29.6 Å². The zero-order chi connectivity index (χ0) is 13.8. The molecule has 0 aliphatic carbocycles. The lowest BCUT2D eigenvalue weighted by Gasteiger charge is -2.22. The van der Waals surface area contributed by atoms with E-state index in [1.165, 1.54) is 0 Å². The number of hydrogen-bond donors (Lipinski definition) is 2. The first-order valence-electron chi connectivity index (χ1n) is 6.84. The highest BCUT2D eigenvalue weighted by molar-refractivity contribution is 5.99. The molecular weight excluding hydrogens is 240 g/mol. The summed E-state index contributed by atoms with van der Waals surface area (Å²) in [6.45, 7) is 5.74. The van der Waals surface area contributed by atoms with E-state index in [0.717, 1.165) is 13.0 Å². The quantitative estimate of drug-likeness (QED) is 0.816. The lowest BCUT2D eigenvalue weighted by Crippen LogP contribution is -2.35. The summed E-state index contributed by atoms with van der Waals surface area (Å²) in [6.07, 6.45) is 1.25. The van der Waals surface area contributed by atoms with Gasteiger partial charge < -0.3 is 15.8 Å². The highest BCUT2D eigenvalue weighted by atomic mass is 16.5. The summed E-state index contributed by atoms with van der Waals surface area (Å²) < 4.78 is 5.71. The predicted octanol–water partition coefficient (Wildman–Crippen LogP) is 2.06. The van der Waals surface area contributed by atoms with E-state index in [2.05, 4.69) is 19.2 Å². The molecule has 1 saturated heterocycles. The smallest absolute Gasteiger partial charge is 0.253 e. The third-order valence-corrected chi connectivity index (χ3v) is 3.65. The van der Waals surface area contributed by atoms with E-state index in [1.807, 2.05) is 12.1 Å². The number of rotatable bonds is 4. The van der Waals surface area contributed by atoms with Gasteiger partial charge in [-0.25, -0.2) is 0 Å². The first kappa shape index (κ1) is 13.9. The van der Waals surface area contributed by atoms with Crippen molar-refractivity contribution in [2.75, 3.05) is 18.9 Å². The number of nitrogens with one attached hydrogen (secondary N) is 1. The van der Waals surface area contributed by atoms with Crippen LogP contribution >= 0.6 is 0 Å². The van der Waals surface area contributed by atoms with Crippen LogP contribution in [0.1, 0.15) is 30.6 Å². The van der Waals surface area contributed by atoms with Crippen molar-refractivity contribution in [2.24, 2.45) is 11.8 Å². The molecule has 1 aliphatic heterocycles. The van der Waals surface area contributed by atoms with Gasteiger partial charge in [0.1, 0.15) is 0 Å². The van der Waals surface area contributed by atoms with Gasteiger partial charge in [-0.1, -0.05) is 26.0 Å². The summed E-state index contributed by atoms with van der Waals surface area (Å²) in [5.74, 6) is 0.771. The fourth-order valence-electron chi connectivity index (χ4n) is 2.63. The molecule has 0 radical (unpaired) electrons. The number of ether oxygens (including phenoxy) is 1. The topological polar surface area (TPSA) is 64.3 Å². The van der Waals surface area contributed by atoms with Gasteiger partial charge in [0.2, 0.25) is 0 Å². The lowest BCUT2D eigenvalue weighted by molar-refractivity contribution is 0.0533. The highest BCUT2D eigenvalue weighted by Gasteiger charge is 2.30. The Labute approximate surface area is 114 Å². The van der Waals surface area contributed by atoms with Gasteiger partial charge in [-0.05, 0) is 24.5 Å². The Kier molecular flexibility index (Phi) is 4.43. The Morgan fingerprint density at radius 1 is 1.47 bits per heavy atom. The molecule has 1 heterocycles. The van der Waals surface area contributed by atoms with E-state index in [4.69, 9.17) is 10.5 Å². The fourth-order valence-corrected chi connectivity index (χ4v) is 2.63. The summed E-state index contributed by atoms with van der Waals surface area (Å²) in [7, 11) is 0. The largest absolute Gasteiger partial charge is 0.398 e. The van der Waals surface area contributed by atoms with Gasteiger partial charge >= 0.3 is 0 Å². The summed E-state index contributed by atoms with van der Waals surface area (Å²) in [5.41, 5.74) is 6.86. The van der Waals surface area contributed by atoms with Crippen molar-refractivity contribution in [3.05, 3.63) is 29.8 Å². The standard InChI is InChI=1S/C15H22N2O2/c1-10(2)14-11(7-8-19-14)9-17-15(18)12-5-3-4-6-13(12)16/h3-6,10-11,14H,7-9,16H2,1-2H3,(H,17,18). The highest BCUT2D eigenvalue weighted by Crippen LogP contribution is 2.26. The number of hydrogen-bond acceptors (Lipinski definition) is 3. The first-order valence-corrected chi connectivity index (χ1v) is 6.84. The molecule has 4 nitrogen and oxygen atoms in total. The minimum absolute atomic E-state index is 0.104. The number of nitrogen functional groups attached to an aromatic ring is 1. The van der Waals surface area contributed by atoms with Crippen LogP contribution in [0.2, 0.25) is 0 Å². The molecule has 0 bridgehead atoms. The molecule has 0 aromatic heterocycles. The predicted molar refractivity (Wildman–Crippen MR) is 75.9 cm³/mol. The van der Waals surface area contributed by atoms with E-state index >= 15 is 0 Å². The molecule has 1 fully saturated rings. The fraction of sp³-hybridized carbons (Fsp3) is 0.533.